The number of nitrogens with one attached hydrogen (secondary N) is 1. The molecule has 28 heavy (non-hydrogen) atoms. The van der Waals surface area contributed by atoms with Crippen LogP contribution in [0.1, 0.15) is 48.0 Å². The second kappa shape index (κ2) is 9.69. The van der Waals surface area contributed by atoms with Crippen LogP contribution in [0.3, 0.4) is 0 Å². The Bertz CT molecular complexity index is 848. The van der Waals surface area contributed by atoms with Crippen LogP contribution in [0.25, 0.3) is 0 Å². The van der Waals surface area contributed by atoms with E-state index in [4.69, 9.17) is 11.6 Å². The lowest BCUT2D eigenvalue weighted by Gasteiger charge is -2.32. The number of piperidine rings is 1. The number of likely N-dealkylation sites (tertiary alicyclic amines) is 1. The highest BCUT2D eigenvalue weighted by Gasteiger charge is 2.22. The van der Waals surface area contributed by atoms with Crippen molar-refractivity contribution in [3.8, 4) is 0 Å². The van der Waals surface area contributed by atoms with Crippen LogP contribution in [0.15, 0.2) is 47.4 Å². The maximum Gasteiger partial charge on any atom is 0.247 e. The molecule has 1 fully saturated rings. The molecule has 148 valence electrons. The van der Waals surface area contributed by atoms with E-state index < -0.39 is 0 Å². The molecule has 1 aromatic heterocycles. The second-order valence-corrected chi connectivity index (χ2v) is 7.81. The van der Waals surface area contributed by atoms with Crippen LogP contribution in [-0.2, 0) is 11.2 Å². The van der Waals surface area contributed by atoms with Gasteiger partial charge in [0.2, 0.25) is 11.5 Å². The third-order valence-electron chi connectivity index (χ3n) is 5.31. The van der Waals surface area contributed by atoms with Crippen LogP contribution in [-0.4, -0.2) is 34.7 Å². The number of pyridine rings is 1. The van der Waals surface area contributed by atoms with Crippen LogP contribution >= 0.6 is 11.6 Å². The summed E-state index contributed by atoms with van der Waals surface area (Å²) in [4.78, 5) is 40.0. The van der Waals surface area contributed by atoms with Crippen LogP contribution in [0.5, 0.6) is 0 Å². The average Bonchev–Trinajstić information content (AvgIpc) is 2.70. The fraction of sp³-hybridized carbons (Fsp3) is 0.409. The molecule has 0 atom stereocenters. The molecule has 0 unspecified atom stereocenters. The summed E-state index contributed by atoms with van der Waals surface area (Å²) in [6.07, 6.45) is 5.68. The SMILES string of the molecule is O=C(CCCC(=O)N1CCC(Cc2ccc(Cl)cc2)CC1)c1ccc(=O)[nH]c1. The molecule has 1 amide bonds. The van der Waals surface area contributed by atoms with Crippen molar-refractivity contribution >= 4 is 23.3 Å². The minimum Gasteiger partial charge on any atom is -0.343 e. The highest BCUT2D eigenvalue weighted by molar-refractivity contribution is 6.30. The van der Waals surface area contributed by atoms with Gasteiger partial charge in [-0.15, -0.1) is 0 Å². The van der Waals surface area contributed by atoms with Crippen molar-refractivity contribution in [2.75, 3.05) is 13.1 Å². The Balaban J connectivity index is 1.37. The molecule has 3 rings (SSSR count). The molecule has 0 aliphatic carbocycles. The van der Waals surface area contributed by atoms with Gasteiger partial charge in [0.05, 0.1) is 0 Å². The fourth-order valence-corrected chi connectivity index (χ4v) is 3.75. The molecular formula is C22H25ClN2O3. The number of amides is 1. The lowest BCUT2D eigenvalue weighted by molar-refractivity contribution is -0.132. The number of H-pyrrole nitrogens is 1. The van der Waals surface area contributed by atoms with Crippen LogP contribution in [0, 0.1) is 5.92 Å². The van der Waals surface area contributed by atoms with Gasteiger partial charge in [0, 0.05) is 48.8 Å². The first-order chi connectivity index (χ1) is 13.5. The molecule has 0 bridgehead atoms. The van der Waals surface area contributed by atoms with E-state index in [1.54, 1.807) is 0 Å². The molecule has 0 radical (unpaired) electrons. The Morgan fingerprint density at radius 2 is 1.75 bits per heavy atom. The molecule has 6 heteroatoms. The number of aromatic nitrogens is 1. The summed E-state index contributed by atoms with van der Waals surface area (Å²) in [5.41, 5.74) is 1.54. The zero-order valence-electron chi connectivity index (χ0n) is 15.8. The lowest BCUT2D eigenvalue weighted by Crippen LogP contribution is -2.38. The van der Waals surface area contributed by atoms with E-state index in [0.717, 1.165) is 37.4 Å². The molecule has 0 saturated carbocycles. The second-order valence-electron chi connectivity index (χ2n) is 7.37. The van der Waals surface area contributed by atoms with Gasteiger partial charge in [-0.2, -0.15) is 0 Å². The Hall–Kier alpha value is -2.40. The normalized spacial score (nSPS) is 14.8. The largest absolute Gasteiger partial charge is 0.343 e. The first-order valence-corrected chi connectivity index (χ1v) is 10.1. The van der Waals surface area contributed by atoms with Crippen molar-refractivity contribution in [2.45, 2.75) is 38.5 Å². The van der Waals surface area contributed by atoms with E-state index in [9.17, 15) is 14.4 Å². The van der Waals surface area contributed by atoms with E-state index in [1.807, 2.05) is 17.0 Å². The highest BCUT2D eigenvalue weighted by Crippen LogP contribution is 2.23. The van der Waals surface area contributed by atoms with E-state index in [-0.39, 0.29) is 17.2 Å². The van der Waals surface area contributed by atoms with Crippen molar-refractivity contribution in [3.05, 3.63) is 69.1 Å². The Labute approximate surface area is 169 Å². The Kier molecular flexibility index (Phi) is 7.04. The summed E-state index contributed by atoms with van der Waals surface area (Å²) in [5.74, 6) is 0.664. The fourth-order valence-electron chi connectivity index (χ4n) is 3.63. The zero-order valence-corrected chi connectivity index (χ0v) is 16.6. The number of aromatic amines is 1. The van der Waals surface area contributed by atoms with Gasteiger partial charge in [-0.25, -0.2) is 0 Å². The minimum absolute atomic E-state index is 0.0503. The Morgan fingerprint density at radius 3 is 2.39 bits per heavy atom. The smallest absolute Gasteiger partial charge is 0.247 e. The number of ketones is 1. The molecule has 2 heterocycles. The first-order valence-electron chi connectivity index (χ1n) is 9.75. The number of carbonyl (C=O) groups excluding carboxylic acids is 2. The van der Waals surface area contributed by atoms with Crippen molar-refractivity contribution in [3.63, 3.8) is 0 Å². The van der Waals surface area contributed by atoms with E-state index in [1.165, 1.54) is 23.9 Å². The van der Waals surface area contributed by atoms with Crippen molar-refractivity contribution in [1.82, 2.24) is 9.88 Å². The molecule has 5 nitrogen and oxygen atoms in total. The van der Waals surface area contributed by atoms with Crippen molar-refractivity contribution in [1.29, 1.82) is 0 Å². The molecule has 1 aliphatic heterocycles. The molecule has 1 N–H and O–H groups in total. The van der Waals surface area contributed by atoms with Gasteiger partial charge in [-0.3, -0.25) is 14.4 Å². The lowest BCUT2D eigenvalue weighted by atomic mass is 9.90. The average molecular weight is 401 g/mol. The van der Waals surface area contributed by atoms with Gasteiger partial charge in [0.1, 0.15) is 0 Å². The Morgan fingerprint density at radius 1 is 1.04 bits per heavy atom. The summed E-state index contributed by atoms with van der Waals surface area (Å²) in [5, 5.41) is 0.753. The highest BCUT2D eigenvalue weighted by atomic mass is 35.5. The number of hydrogen-bond acceptors (Lipinski definition) is 3. The summed E-state index contributed by atoms with van der Waals surface area (Å²) >= 11 is 5.93. The number of halogens is 1. The van der Waals surface area contributed by atoms with Crippen LogP contribution < -0.4 is 5.56 Å². The first kappa shape index (κ1) is 20.3. The maximum atomic E-state index is 12.4. The number of Topliss-reactive ketones (excluding diaryl/α,β-unsaturated/α-hetero) is 1. The molecule has 0 spiro atoms. The summed E-state index contributed by atoms with van der Waals surface area (Å²) in [6.45, 7) is 1.57. The molecule has 1 aromatic carbocycles. The van der Waals surface area contributed by atoms with Crippen LogP contribution in [0.4, 0.5) is 0 Å². The predicted molar refractivity (Wildman–Crippen MR) is 110 cm³/mol. The minimum atomic E-state index is -0.230. The summed E-state index contributed by atoms with van der Waals surface area (Å²) in [6, 6.07) is 10.8. The third-order valence-corrected chi connectivity index (χ3v) is 5.56. The number of nitrogens with zero attached hydrogens (tertiary/aromatic N) is 1. The van der Waals surface area contributed by atoms with E-state index >= 15 is 0 Å². The van der Waals surface area contributed by atoms with Gasteiger partial charge in [0.15, 0.2) is 5.78 Å². The monoisotopic (exact) mass is 400 g/mol. The van der Waals surface area contributed by atoms with Gasteiger partial charge >= 0.3 is 0 Å². The topological polar surface area (TPSA) is 70.2 Å². The van der Waals surface area contributed by atoms with Gasteiger partial charge in [-0.05, 0) is 55.4 Å². The molecule has 2 aromatic rings. The van der Waals surface area contributed by atoms with E-state index in [0.29, 0.717) is 30.7 Å². The molecule has 1 aliphatic rings. The van der Waals surface area contributed by atoms with Gasteiger partial charge < -0.3 is 9.88 Å². The molecule has 1 saturated heterocycles. The number of rotatable bonds is 7. The number of benzene rings is 1. The summed E-state index contributed by atoms with van der Waals surface area (Å²) < 4.78 is 0. The van der Waals surface area contributed by atoms with Crippen molar-refractivity contribution in [2.24, 2.45) is 5.92 Å². The quantitative estimate of drug-likeness (QED) is 0.717. The standard InChI is InChI=1S/C22H25ClN2O3/c23-19-7-4-16(5-8-19)14-17-10-12-25(13-11-17)22(28)3-1-2-20(26)18-6-9-21(27)24-15-18/h4-9,15,17H,1-3,10-14H2,(H,24,27). The maximum absolute atomic E-state index is 12.4. The number of carbonyl (C=O) groups is 2. The number of hydrogen-bond donors (Lipinski definition) is 1. The van der Waals surface area contributed by atoms with Crippen molar-refractivity contribution < 1.29 is 9.59 Å². The van der Waals surface area contributed by atoms with Gasteiger partial charge in [-0.1, -0.05) is 23.7 Å². The van der Waals surface area contributed by atoms with Gasteiger partial charge in [0.25, 0.3) is 0 Å². The summed E-state index contributed by atoms with van der Waals surface area (Å²) in [7, 11) is 0. The zero-order chi connectivity index (χ0) is 19.9. The molecular weight excluding hydrogens is 376 g/mol. The van der Waals surface area contributed by atoms with E-state index in [2.05, 4.69) is 17.1 Å². The predicted octanol–water partition coefficient (Wildman–Crippen LogP) is 3.86. The van der Waals surface area contributed by atoms with Crippen LogP contribution in [0.2, 0.25) is 5.02 Å². The third kappa shape index (κ3) is 5.80.